The summed E-state index contributed by atoms with van der Waals surface area (Å²) in [7, 11) is 2.04. The van der Waals surface area contributed by atoms with Crippen LogP contribution in [0.2, 0.25) is 5.15 Å². The van der Waals surface area contributed by atoms with Crippen LogP contribution in [0.5, 0.6) is 0 Å². The van der Waals surface area contributed by atoms with E-state index in [4.69, 9.17) is 11.6 Å². The SMILES string of the molecule is CN(C[C@H]1CCCCN1)c1ccc(Cl)nn1. The van der Waals surface area contributed by atoms with Gasteiger partial charge in [-0.3, -0.25) is 0 Å². The molecule has 1 aliphatic heterocycles. The van der Waals surface area contributed by atoms with E-state index < -0.39 is 0 Å². The Morgan fingerprint density at radius 3 is 2.94 bits per heavy atom. The van der Waals surface area contributed by atoms with Crippen molar-refractivity contribution < 1.29 is 0 Å². The molecule has 0 saturated carbocycles. The highest BCUT2D eigenvalue weighted by atomic mass is 35.5. The fourth-order valence-electron chi connectivity index (χ4n) is 2.02. The lowest BCUT2D eigenvalue weighted by molar-refractivity contribution is 0.402. The number of halogens is 1. The maximum Gasteiger partial charge on any atom is 0.151 e. The van der Waals surface area contributed by atoms with Crippen molar-refractivity contribution in [3.63, 3.8) is 0 Å². The molecule has 0 aliphatic carbocycles. The molecule has 16 heavy (non-hydrogen) atoms. The molecule has 1 aromatic heterocycles. The highest BCUT2D eigenvalue weighted by Gasteiger charge is 2.15. The smallest absolute Gasteiger partial charge is 0.151 e. The molecule has 88 valence electrons. The lowest BCUT2D eigenvalue weighted by Gasteiger charge is -2.28. The fraction of sp³-hybridized carbons (Fsp3) is 0.636. The third-order valence-electron chi connectivity index (χ3n) is 2.92. The molecule has 2 rings (SSSR count). The standard InChI is InChI=1S/C11H17ClN4/c1-16(8-9-4-2-3-7-13-9)11-6-5-10(12)14-15-11/h5-6,9,13H,2-4,7-8H2,1H3/t9-/m1/s1. The van der Waals surface area contributed by atoms with E-state index in [0.717, 1.165) is 18.9 Å². The van der Waals surface area contributed by atoms with E-state index in [-0.39, 0.29) is 0 Å². The van der Waals surface area contributed by atoms with Crippen molar-refractivity contribution in [1.82, 2.24) is 15.5 Å². The number of rotatable bonds is 3. The Hall–Kier alpha value is -0.870. The Kier molecular flexibility index (Phi) is 3.96. The molecule has 4 nitrogen and oxygen atoms in total. The van der Waals surface area contributed by atoms with Crippen LogP contribution in [0.1, 0.15) is 19.3 Å². The Bertz CT molecular complexity index is 321. The van der Waals surface area contributed by atoms with Gasteiger partial charge in [0.15, 0.2) is 11.0 Å². The molecule has 0 aromatic carbocycles. The number of hydrogen-bond donors (Lipinski definition) is 1. The van der Waals surface area contributed by atoms with Crippen molar-refractivity contribution >= 4 is 17.4 Å². The Morgan fingerprint density at radius 2 is 2.31 bits per heavy atom. The monoisotopic (exact) mass is 240 g/mol. The second-order valence-electron chi connectivity index (χ2n) is 4.24. The minimum absolute atomic E-state index is 0.438. The minimum atomic E-state index is 0.438. The quantitative estimate of drug-likeness (QED) is 0.874. The van der Waals surface area contributed by atoms with E-state index in [1.165, 1.54) is 19.3 Å². The van der Waals surface area contributed by atoms with Crippen LogP contribution in [-0.2, 0) is 0 Å². The first-order valence-corrected chi connectivity index (χ1v) is 6.07. The summed E-state index contributed by atoms with van der Waals surface area (Å²) in [6.45, 7) is 2.10. The second-order valence-corrected chi connectivity index (χ2v) is 4.63. The van der Waals surface area contributed by atoms with Gasteiger partial charge in [-0.15, -0.1) is 10.2 Å². The highest BCUT2D eigenvalue weighted by molar-refractivity contribution is 6.29. The molecule has 0 bridgehead atoms. The molecule has 1 saturated heterocycles. The first kappa shape index (κ1) is 11.6. The van der Waals surface area contributed by atoms with Gasteiger partial charge < -0.3 is 10.2 Å². The van der Waals surface area contributed by atoms with Crippen molar-refractivity contribution in [3.05, 3.63) is 17.3 Å². The van der Waals surface area contributed by atoms with Gasteiger partial charge in [-0.05, 0) is 31.5 Å². The number of likely N-dealkylation sites (N-methyl/N-ethyl adjacent to an activating group) is 1. The molecule has 1 fully saturated rings. The lowest BCUT2D eigenvalue weighted by Crippen LogP contribution is -2.42. The summed E-state index contributed by atoms with van der Waals surface area (Å²) in [4.78, 5) is 2.12. The van der Waals surface area contributed by atoms with E-state index in [1.54, 1.807) is 6.07 Å². The summed E-state index contributed by atoms with van der Waals surface area (Å²) in [5.41, 5.74) is 0. The number of piperidine rings is 1. The maximum absolute atomic E-state index is 5.70. The van der Waals surface area contributed by atoms with Gasteiger partial charge in [0.1, 0.15) is 0 Å². The van der Waals surface area contributed by atoms with E-state index in [2.05, 4.69) is 20.4 Å². The zero-order chi connectivity index (χ0) is 11.4. The van der Waals surface area contributed by atoms with Crippen LogP contribution in [-0.4, -0.2) is 36.4 Å². The molecule has 0 amide bonds. The van der Waals surface area contributed by atoms with Gasteiger partial charge >= 0.3 is 0 Å². The number of anilines is 1. The number of nitrogens with one attached hydrogen (secondary N) is 1. The van der Waals surface area contributed by atoms with Gasteiger partial charge in [0.05, 0.1) is 0 Å². The molecule has 5 heteroatoms. The molecule has 1 aliphatic rings. The normalized spacial score (nSPS) is 20.8. The average Bonchev–Trinajstić information content (AvgIpc) is 2.31. The van der Waals surface area contributed by atoms with Crippen LogP contribution in [0.3, 0.4) is 0 Å². The first-order valence-electron chi connectivity index (χ1n) is 5.69. The van der Waals surface area contributed by atoms with Crippen molar-refractivity contribution in [2.75, 3.05) is 25.0 Å². The van der Waals surface area contributed by atoms with E-state index in [9.17, 15) is 0 Å². The van der Waals surface area contributed by atoms with Crippen LogP contribution in [0, 0.1) is 0 Å². The van der Waals surface area contributed by atoms with Crippen LogP contribution >= 0.6 is 11.6 Å². The summed E-state index contributed by atoms with van der Waals surface area (Å²) in [6, 6.07) is 4.24. The van der Waals surface area contributed by atoms with Crippen LogP contribution < -0.4 is 10.2 Å². The summed E-state index contributed by atoms with van der Waals surface area (Å²) in [5, 5.41) is 11.9. The molecule has 1 N–H and O–H groups in total. The van der Waals surface area contributed by atoms with Crippen molar-refractivity contribution in [3.8, 4) is 0 Å². The first-order chi connectivity index (χ1) is 7.75. The van der Waals surface area contributed by atoms with Gasteiger partial charge in [0, 0.05) is 19.6 Å². The molecule has 2 heterocycles. The summed E-state index contributed by atoms with van der Waals surface area (Å²) >= 11 is 5.70. The molecule has 0 spiro atoms. The van der Waals surface area contributed by atoms with Crippen LogP contribution in [0.15, 0.2) is 12.1 Å². The number of hydrogen-bond acceptors (Lipinski definition) is 4. The van der Waals surface area contributed by atoms with E-state index >= 15 is 0 Å². The van der Waals surface area contributed by atoms with E-state index in [1.807, 2.05) is 13.1 Å². The van der Waals surface area contributed by atoms with Crippen molar-refractivity contribution in [1.29, 1.82) is 0 Å². The second kappa shape index (κ2) is 5.46. The zero-order valence-electron chi connectivity index (χ0n) is 9.49. The molecular weight excluding hydrogens is 224 g/mol. The molecule has 0 unspecified atom stereocenters. The van der Waals surface area contributed by atoms with Crippen LogP contribution in [0.25, 0.3) is 0 Å². The Labute approximate surface area is 101 Å². The van der Waals surface area contributed by atoms with Gasteiger partial charge in [-0.1, -0.05) is 18.0 Å². The van der Waals surface area contributed by atoms with Gasteiger partial charge in [0.25, 0.3) is 0 Å². The summed E-state index contributed by atoms with van der Waals surface area (Å²) < 4.78 is 0. The molecule has 1 aromatic rings. The largest absolute Gasteiger partial charge is 0.357 e. The predicted molar refractivity (Wildman–Crippen MR) is 66.0 cm³/mol. The van der Waals surface area contributed by atoms with Crippen molar-refractivity contribution in [2.24, 2.45) is 0 Å². The lowest BCUT2D eigenvalue weighted by atomic mass is 10.0. The average molecular weight is 241 g/mol. The highest BCUT2D eigenvalue weighted by Crippen LogP contribution is 2.13. The molecular formula is C11H17ClN4. The summed E-state index contributed by atoms with van der Waals surface area (Å²) in [5.74, 6) is 0.872. The van der Waals surface area contributed by atoms with Gasteiger partial charge in [-0.25, -0.2) is 0 Å². The minimum Gasteiger partial charge on any atom is -0.357 e. The molecule has 0 radical (unpaired) electrons. The third kappa shape index (κ3) is 3.06. The van der Waals surface area contributed by atoms with E-state index in [0.29, 0.717) is 11.2 Å². The Morgan fingerprint density at radius 1 is 1.44 bits per heavy atom. The Balaban J connectivity index is 1.91. The van der Waals surface area contributed by atoms with Gasteiger partial charge in [0.2, 0.25) is 0 Å². The number of nitrogens with zero attached hydrogens (tertiary/aromatic N) is 3. The zero-order valence-corrected chi connectivity index (χ0v) is 10.2. The van der Waals surface area contributed by atoms with Gasteiger partial charge in [-0.2, -0.15) is 0 Å². The number of aromatic nitrogens is 2. The van der Waals surface area contributed by atoms with Crippen LogP contribution in [0.4, 0.5) is 5.82 Å². The third-order valence-corrected chi connectivity index (χ3v) is 3.12. The summed E-state index contributed by atoms with van der Waals surface area (Å²) in [6.07, 6.45) is 3.85. The maximum atomic E-state index is 5.70. The topological polar surface area (TPSA) is 41.0 Å². The fourth-order valence-corrected chi connectivity index (χ4v) is 2.12. The molecule has 1 atom stereocenters. The van der Waals surface area contributed by atoms with Crippen molar-refractivity contribution in [2.45, 2.75) is 25.3 Å². The predicted octanol–water partition coefficient (Wildman–Crippen LogP) is 1.71.